The predicted octanol–water partition coefficient (Wildman–Crippen LogP) is 3.07. The van der Waals surface area contributed by atoms with Crippen LogP contribution in [0, 0.1) is 0 Å². The fourth-order valence-corrected chi connectivity index (χ4v) is 1.93. The van der Waals surface area contributed by atoms with E-state index < -0.39 is 0 Å². The number of aromatic nitrogens is 3. The second-order valence-electron chi connectivity index (χ2n) is 3.98. The number of carbonyl (C=O) groups excluding carboxylic acids is 1. The summed E-state index contributed by atoms with van der Waals surface area (Å²) in [5.41, 5.74) is 1.06. The highest BCUT2D eigenvalue weighted by Crippen LogP contribution is 2.23. The molecular formula is C12H12Cl2N4O. The monoisotopic (exact) mass is 298 g/mol. The molecule has 19 heavy (non-hydrogen) atoms. The van der Waals surface area contributed by atoms with Crippen molar-refractivity contribution in [2.45, 2.75) is 19.3 Å². The van der Waals surface area contributed by atoms with Gasteiger partial charge < -0.3 is 0 Å². The van der Waals surface area contributed by atoms with Gasteiger partial charge in [0.05, 0.1) is 10.0 Å². The Morgan fingerprint density at radius 3 is 2.84 bits per heavy atom. The zero-order chi connectivity index (χ0) is 13.7. The summed E-state index contributed by atoms with van der Waals surface area (Å²) in [6, 6.07) is 5.48. The summed E-state index contributed by atoms with van der Waals surface area (Å²) < 4.78 is 0. The lowest BCUT2D eigenvalue weighted by Crippen LogP contribution is -2.12. The van der Waals surface area contributed by atoms with Gasteiger partial charge in [0.2, 0.25) is 11.9 Å². The van der Waals surface area contributed by atoms with Gasteiger partial charge in [0.15, 0.2) is 0 Å². The summed E-state index contributed by atoms with van der Waals surface area (Å²) in [5, 5.41) is 9.89. The minimum atomic E-state index is -0.100. The molecule has 5 nitrogen and oxygen atoms in total. The molecule has 2 N–H and O–H groups in total. The van der Waals surface area contributed by atoms with Crippen molar-refractivity contribution in [2.24, 2.45) is 0 Å². The van der Waals surface area contributed by atoms with Gasteiger partial charge in [-0.1, -0.05) is 29.3 Å². The zero-order valence-electron chi connectivity index (χ0n) is 9.99. The van der Waals surface area contributed by atoms with Crippen LogP contribution in [0.2, 0.25) is 10.0 Å². The minimum Gasteiger partial charge on any atom is -0.295 e. The van der Waals surface area contributed by atoms with Crippen molar-refractivity contribution in [3.05, 3.63) is 40.1 Å². The standard InChI is InChI=1S/C12H12Cl2N4O/c13-9-5-4-8(6-10(9)14)2-1-3-11(19)17-12-15-7-16-18-12/h4-7H,1-3H2,(H2,15,16,17,18,19). The molecule has 0 saturated heterocycles. The van der Waals surface area contributed by atoms with Crippen LogP contribution in [-0.2, 0) is 11.2 Å². The molecule has 0 spiro atoms. The maximum atomic E-state index is 11.6. The Bertz CT molecular complexity index is 557. The number of H-pyrrole nitrogens is 1. The van der Waals surface area contributed by atoms with Gasteiger partial charge in [-0.05, 0) is 30.5 Å². The molecule has 0 aliphatic heterocycles. The minimum absolute atomic E-state index is 0.100. The number of hydrogen-bond donors (Lipinski definition) is 2. The first-order valence-corrected chi connectivity index (χ1v) is 6.50. The lowest BCUT2D eigenvalue weighted by atomic mass is 10.1. The molecule has 0 atom stereocenters. The Morgan fingerprint density at radius 1 is 1.32 bits per heavy atom. The Morgan fingerprint density at radius 2 is 2.16 bits per heavy atom. The number of amides is 1. The third kappa shape index (κ3) is 4.22. The molecule has 1 amide bonds. The maximum Gasteiger partial charge on any atom is 0.226 e. The fourth-order valence-electron chi connectivity index (χ4n) is 1.61. The van der Waals surface area contributed by atoms with Crippen LogP contribution in [0.25, 0.3) is 0 Å². The molecule has 0 unspecified atom stereocenters. The molecule has 1 aromatic heterocycles. The number of nitrogens with one attached hydrogen (secondary N) is 2. The molecule has 100 valence electrons. The van der Waals surface area contributed by atoms with Crippen molar-refractivity contribution >= 4 is 35.1 Å². The van der Waals surface area contributed by atoms with Gasteiger partial charge in [-0.25, -0.2) is 5.10 Å². The predicted molar refractivity (Wildman–Crippen MR) is 74.4 cm³/mol. The van der Waals surface area contributed by atoms with Gasteiger partial charge in [0, 0.05) is 6.42 Å². The summed E-state index contributed by atoms with van der Waals surface area (Å²) in [7, 11) is 0. The molecule has 7 heteroatoms. The largest absolute Gasteiger partial charge is 0.295 e. The summed E-state index contributed by atoms with van der Waals surface area (Å²) in [6.45, 7) is 0. The number of hydrogen-bond acceptors (Lipinski definition) is 3. The summed E-state index contributed by atoms with van der Waals surface area (Å²) >= 11 is 11.8. The Labute approximate surface area is 120 Å². The van der Waals surface area contributed by atoms with Gasteiger partial charge in [-0.15, -0.1) is 0 Å². The average Bonchev–Trinajstić information content (AvgIpc) is 2.86. The maximum absolute atomic E-state index is 11.6. The van der Waals surface area contributed by atoms with Crippen LogP contribution in [0.5, 0.6) is 0 Å². The normalized spacial score (nSPS) is 10.4. The summed E-state index contributed by atoms with van der Waals surface area (Å²) in [5.74, 6) is 0.261. The van der Waals surface area contributed by atoms with E-state index >= 15 is 0 Å². The molecule has 1 heterocycles. The molecule has 0 radical (unpaired) electrons. The summed E-state index contributed by atoms with van der Waals surface area (Å²) in [4.78, 5) is 15.4. The Hall–Kier alpha value is -1.59. The second-order valence-corrected chi connectivity index (χ2v) is 4.80. The first kappa shape index (κ1) is 13.8. The van der Waals surface area contributed by atoms with Gasteiger partial charge in [0.1, 0.15) is 6.33 Å². The van der Waals surface area contributed by atoms with E-state index in [2.05, 4.69) is 20.5 Å². The number of halogens is 2. The van der Waals surface area contributed by atoms with E-state index in [1.54, 1.807) is 6.07 Å². The number of carbonyl (C=O) groups is 1. The zero-order valence-corrected chi connectivity index (χ0v) is 11.5. The number of rotatable bonds is 5. The van der Waals surface area contributed by atoms with Gasteiger partial charge in [0.25, 0.3) is 0 Å². The average molecular weight is 299 g/mol. The molecule has 0 aliphatic rings. The van der Waals surface area contributed by atoms with Crippen LogP contribution < -0.4 is 5.32 Å². The molecule has 0 aliphatic carbocycles. The van der Waals surface area contributed by atoms with Crippen molar-refractivity contribution in [1.29, 1.82) is 0 Å². The highest BCUT2D eigenvalue weighted by atomic mass is 35.5. The van der Waals surface area contributed by atoms with Crippen molar-refractivity contribution in [3.8, 4) is 0 Å². The van der Waals surface area contributed by atoms with E-state index in [1.165, 1.54) is 6.33 Å². The molecular weight excluding hydrogens is 287 g/mol. The van der Waals surface area contributed by atoms with Crippen molar-refractivity contribution in [1.82, 2.24) is 15.2 Å². The van der Waals surface area contributed by atoms with Crippen molar-refractivity contribution in [3.63, 3.8) is 0 Å². The smallest absolute Gasteiger partial charge is 0.226 e. The van der Waals surface area contributed by atoms with Crippen molar-refractivity contribution in [2.75, 3.05) is 5.32 Å². The number of aryl methyl sites for hydroxylation is 1. The lowest BCUT2D eigenvalue weighted by molar-refractivity contribution is -0.116. The van der Waals surface area contributed by atoms with Gasteiger partial charge in [-0.2, -0.15) is 10.1 Å². The van der Waals surface area contributed by atoms with Gasteiger partial charge in [-0.3, -0.25) is 10.1 Å². The van der Waals surface area contributed by atoms with E-state index in [4.69, 9.17) is 23.2 Å². The fraction of sp³-hybridized carbons (Fsp3) is 0.250. The number of aromatic amines is 1. The van der Waals surface area contributed by atoms with E-state index in [0.717, 1.165) is 18.4 Å². The van der Waals surface area contributed by atoms with Crippen LogP contribution in [0.1, 0.15) is 18.4 Å². The lowest BCUT2D eigenvalue weighted by Gasteiger charge is -2.03. The number of anilines is 1. The van der Waals surface area contributed by atoms with Crippen LogP contribution in [0.4, 0.5) is 5.95 Å². The van der Waals surface area contributed by atoms with Gasteiger partial charge >= 0.3 is 0 Å². The Balaban J connectivity index is 1.76. The molecule has 0 fully saturated rings. The highest BCUT2D eigenvalue weighted by Gasteiger charge is 2.05. The van der Waals surface area contributed by atoms with E-state index in [1.807, 2.05) is 12.1 Å². The summed E-state index contributed by atoms with van der Waals surface area (Å²) in [6.07, 6.45) is 3.23. The first-order chi connectivity index (χ1) is 9.15. The molecule has 0 saturated carbocycles. The SMILES string of the molecule is O=C(CCCc1ccc(Cl)c(Cl)c1)Nc1ncn[nH]1. The van der Waals surface area contributed by atoms with E-state index in [0.29, 0.717) is 22.4 Å². The van der Waals surface area contributed by atoms with Crippen LogP contribution in [0.3, 0.4) is 0 Å². The van der Waals surface area contributed by atoms with Crippen molar-refractivity contribution < 1.29 is 4.79 Å². The van der Waals surface area contributed by atoms with Crippen LogP contribution in [0.15, 0.2) is 24.5 Å². The third-order valence-electron chi connectivity index (χ3n) is 2.53. The molecule has 1 aromatic carbocycles. The molecule has 0 bridgehead atoms. The van der Waals surface area contributed by atoms with E-state index in [-0.39, 0.29) is 5.91 Å². The third-order valence-corrected chi connectivity index (χ3v) is 3.27. The first-order valence-electron chi connectivity index (χ1n) is 5.74. The molecule has 2 rings (SSSR count). The van der Waals surface area contributed by atoms with E-state index in [9.17, 15) is 4.79 Å². The molecule has 2 aromatic rings. The highest BCUT2D eigenvalue weighted by molar-refractivity contribution is 6.42. The number of benzene rings is 1. The quantitative estimate of drug-likeness (QED) is 0.891. The second kappa shape index (κ2) is 6.54. The van der Waals surface area contributed by atoms with Crippen LogP contribution in [-0.4, -0.2) is 21.1 Å². The Kier molecular flexibility index (Phi) is 4.76. The van der Waals surface area contributed by atoms with Crippen LogP contribution >= 0.6 is 23.2 Å². The number of nitrogens with zero attached hydrogens (tertiary/aromatic N) is 2. The topological polar surface area (TPSA) is 70.7 Å².